The molecule has 1 aromatic carbocycles. The minimum atomic E-state index is -3.40. The molecule has 0 amide bonds. The molecule has 0 aromatic heterocycles. The van der Waals surface area contributed by atoms with Gasteiger partial charge in [0.1, 0.15) is 0 Å². The average molecular weight is 312 g/mol. The minimum Gasteiger partial charge on any atom is -0.310 e. The molecule has 0 aliphatic rings. The molecule has 4 nitrogen and oxygen atoms in total. The van der Waals surface area contributed by atoms with Crippen LogP contribution in [-0.4, -0.2) is 31.4 Å². The zero-order valence-corrected chi connectivity index (χ0v) is 14.6. The predicted molar refractivity (Wildman–Crippen MR) is 87.7 cm³/mol. The van der Waals surface area contributed by atoms with Crippen LogP contribution < -0.4 is 5.32 Å². The summed E-state index contributed by atoms with van der Waals surface area (Å²) in [7, 11) is -3.40. The number of rotatable bonds is 8. The van der Waals surface area contributed by atoms with Gasteiger partial charge in [-0.2, -0.15) is 4.31 Å². The molecular formula is C16H28N2O2S. The first-order valence-electron chi connectivity index (χ1n) is 7.63. The van der Waals surface area contributed by atoms with Gasteiger partial charge in [-0.3, -0.25) is 0 Å². The Morgan fingerprint density at radius 1 is 1.10 bits per heavy atom. The zero-order valence-electron chi connectivity index (χ0n) is 13.8. The third-order valence-corrected chi connectivity index (χ3v) is 5.35. The fourth-order valence-electron chi connectivity index (χ4n) is 2.11. The fraction of sp³-hybridized carbons (Fsp3) is 0.625. The molecule has 21 heavy (non-hydrogen) atoms. The third kappa shape index (κ3) is 5.09. The van der Waals surface area contributed by atoms with Crippen LogP contribution in [0.5, 0.6) is 0 Å². The highest BCUT2D eigenvalue weighted by Gasteiger charge is 2.25. The van der Waals surface area contributed by atoms with Crippen molar-refractivity contribution in [3.8, 4) is 0 Å². The van der Waals surface area contributed by atoms with Gasteiger partial charge in [0.05, 0.1) is 4.90 Å². The lowest BCUT2D eigenvalue weighted by Gasteiger charge is -2.25. The van der Waals surface area contributed by atoms with E-state index in [1.807, 2.05) is 32.9 Å². The molecule has 0 atom stereocenters. The van der Waals surface area contributed by atoms with Gasteiger partial charge in [-0.1, -0.05) is 32.9 Å². The van der Waals surface area contributed by atoms with E-state index in [4.69, 9.17) is 0 Å². The summed E-state index contributed by atoms with van der Waals surface area (Å²) in [5.74, 6) is 0. The SMILES string of the molecule is CCCN(C(C)C)S(=O)(=O)c1ccc(CNC(C)C)cc1. The highest BCUT2D eigenvalue weighted by Crippen LogP contribution is 2.19. The van der Waals surface area contributed by atoms with Crippen LogP contribution in [0.3, 0.4) is 0 Å². The first-order valence-corrected chi connectivity index (χ1v) is 9.07. The Hall–Kier alpha value is -0.910. The van der Waals surface area contributed by atoms with E-state index < -0.39 is 10.0 Å². The lowest BCUT2D eigenvalue weighted by Crippen LogP contribution is -2.37. The summed E-state index contributed by atoms with van der Waals surface area (Å²) in [5, 5.41) is 3.32. The first-order chi connectivity index (χ1) is 9.78. The van der Waals surface area contributed by atoms with Gasteiger partial charge in [0.25, 0.3) is 0 Å². The van der Waals surface area contributed by atoms with Gasteiger partial charge < -0.3 is 5.32 Å². The molecule has 120 valence electrons. The van der Waals surface area contributed by atoms with Crippen LogP contribution in [-0.2, 0) is 16.6 Å². The second-order valence-corrected chi connectivity index (χ2v) is 7.78. The van der Waals surface area contributed by atoms with E-state index in [1.54, 1.807) is 16.4 Å². The van der Waals surface area contributed by atoms with Crippen molar-refractivity contribution in [1.82, 2.24) is 9.62 Å². The highest BCUT2D eigenvalue weighted by atomic mass is 32.2. The van der Waals surface area contributed by atoms with Crippen LogP contribution in [0.4, 0.5) is 0 Å². The van der Waals surface area contributed by atoms with Gasteiger partial charge in [0.15, 0.2) is 0 Å². The van der Waals surface area contributed by atoms with Crippen LogP contribution in [0.2, 0.25) is 0 Å². The first kappa shape index (κ1) is 18.1. The van der Waals surface area contributed by atoms with Crippen molar-refractivity contribution < 1.29 is 8.42 Å². The Labute approximate surface area is 129 Å². The van der Waals surface area contributed by atoms with Crippen molar-refractivity contribution in [3.05, 3.63) is 29.8 Å². The summed E-state index contributed by atoms with van der Waals surface area (Å²) in [5.41, 5.74) is 1.09. The molecule has 0 radical (unpaired) electrons. The molecule has 1 aromatic rings. The van der Waals surface area contributed by atoms with Gasteiger partial charge >= 0.3 is 0 Å². The second-order valence-electron chi connectivity index (χ2n) is 5.89. The van der Waals surface area contributed by atoms with Crippen molar-refractivity contribution in [3.63, 3.8) is 0 Å². The van der Waals surface area contributed by atoms with E-state index in [9.17, 15) is 8.42 Å². The van der Waals surface area contributed by atoms with Crippen molar-refractivity contribution in [1.29, 1.82) is 0 Å². The molecule has 0 aliphatic heterocycles. The van der Waals surface area contributed by atoms with Crippen molar-refractivity contribution in [2.24, 2.45) is 0 Å². The molecule has 0 heterocycles. The second kappa shape index (κ2) is 7.92. The zero-order chi connectivity index (χ0) is 16.0. The quantitative estimate of drug-likeness (QED) is 0.803. The molecule has 0 fully saturated rings. The Morgan fingerprint density at radius 2 is 1.67 bits per heavy atom. The summed E-state index contributed by atoms with van der Waals surface area (Å²) >= 11 is 0. The van der Waals surface area contributed by atoms with Gasteiger partial charge in [-0.15, -0.1) is 0 Å². The molecular weight excluding hydrogens is 284 g/mol. The number of nitrogens with one attached hydrogen (secondary N) is 1. The van der Waals surface area contributed by atoms with Crippen LogP contribution in [0.15, 0.2) is 29.2 Å². The van der Waals surface area contributed by atoms with Crippen LogP contribution in [0.1, 0.15) is 46.6 Å². The number of nitrogens with zero attached hydrogens (tertiary/aromatic N) is 1. The van der Waals surface area contributed by atoms with Crippen LogP contribution in [0.25, 0.3) is 0 Å². The Kier molecular flexibility index (Phi) is 6.84. The predicted octanol–water partition coefficient (Wildman–Crippen LogP) is 2.99. The van der Waals surface area contributed by atoms with Gasteiger partial charge in [-0.05, 0) is 38.0 Å². The van der Waals surface area contributed by atoms with E-state index in [2.05, 4.69) is 19.2 Å². The summed E-state index contributed by atoms with van der Waals surface area (Å²) < 4.78 is 26.9. The highest BCUT2D eigenvalue weighted by molar-refractivity contribution is 7.89. The molecule has 0 bridgehead atoms. The van der Waals surface area contributed by atoms with Crippen molar-refractivity contribution in [2.45, 2.75) is 64.6 Å². The average Bonchev–Trinajstić information content (AvgIpc) is 2.42. The van der Waals surface area contributed by atoms with Crippen LogP contribution in [0, 0.1) is 0 Å². The molecule has 0 aliphatic carbocycles. The molecule has 0 spiro atoms. The fourth-order valence-corrected chi connectivity index (χ4v) is 3.84. The molecule has 0 saturated heterocycles. The molecule has 0 unspecified atom stereocenters. The van der Waals surface area contributed by atoms with E-state index in [0.717, 1.165) is 18.5 Å². The third-order valence-electron chi connectivity index (χ3n) is 3.26. The molecule has 5 heteroatoms. The smallest absolute Gasteiger partial charge is 0.243 e. The lowest BCUT2D eigenvalue weighted by atomic mass is 10.2. The summed E-state index contributed by atoms with van der Waals surface area (Å²) in [6.07, 6.45) is 0.813. The van der Waals surface area contributed by atoms with E-state index >= 15 is 0 Å². The van der Waals surface area contributed by atoms with Gasteiger partial charge in [0.2, 0.25) is 10.0 Å². The molecule has 1 N–H and O–H groups in total. The van der Waals surface area contributed by atoms with Gasteiger partial charge in [-0.25, -0.2) is 8.42 Å². The summed E-state index contributed by atoms with van der Waals surface area (Å²) in [4.78, 5) is 0.373. The lowest BCUT2D eigenvalue weighted by molar-refractivity contribution is 0.354. The minimum absolute atomic E-state index is 0.0303. The van der Waals surface area contributed by atoms with E-state index in [0.29, 0.717) is 17.5 Å². The molecule has 0 saturated carbocycles. The topological polar surface area (TPSA) is 49.4 Å². The van der Waals surface area contributed by atoms with Gasteiger partial charge in [0, 0.05) is 25.2 Å². The van der Waals surface area contributed by atoms with Crippen molar-refractivity contribution in [2.75, 3.05) is 6.54 Å². The Bertz CT molecular complexity index is 522. The Morgan fingerprint density at radius 3 is 2.10 bits per heavy atom. The number of hydrogen-bond donors (Lipinski definition) is 1. The van der Waals surface area contributed by atoms with Crippen LogP contribution >= 0.6 is 0 Å². The maximum atomic E-state index is 12.7. The maximum Gasteiger partial charge on any atom is 0.243 e. The summed E-state index contributed by atoms with van der Waals surface area (Å²) in [6.45, 7) is 11.3. The maximum absolute atomic E-state index is 12.7. The Balaban J connectivity index is 2.93. The van der Waals surface area contributed by atoms with E-state index in [-0.39, 0.29) is 6.04 Å². The van der Waals surface area contributed by atoms with Crippen molar-refractivity contribution >= 4 is 10.0 Å². The molecule has 1 rings (SSSR count). The number of sulfonamides is 1. The normalized spacial score (nSPS) is 12.6. The summed E-state index contributed by atoms with van der Waals surface area (Å²) in [6, 6.07) is 7.56. The number of hydrogen-bond acceptors (Lipinski definition) is 3. The number of benzene rings is 1. The van der Waals surface area contributed by atoms with E-state index in [1.165, 1.54) is 0 Å². The largest absolute Gasteiger partial charge is 0.310 e. The standard InChI is InChI=1S/C16H28N2O2S/c1-6-11-18(14(4)5)21(19,20)16-9-7-15(8-10-16)12-17-13(2)3/h7-10,13-14,17H,6,11-12H2,1-5H3. The monoisotopic (exact) mass is 312 g/mol.